The molecule has 2 N–H and O–H groups in total. The third-order valence-corrected chi connectivity index (χ3v) is 0.408. The molecule has 0 aliphatic carbocycles. The Kier molecular flexibility index (Phi) is 19.7. The Morgan fingerprint density at radius 2 is 1.55 bits per heavy atom. The third kappa shape index (κ3) is 80.3. The van der Waals surface area contributed by atoms with Crippen LogP contribution in [0.1, 0.15) is 13.8 Å². The van der Waals surface area contributed by atoms with E-state index in [0.717, 1.165) is 13.2 Å². The van der Waals surface area contributed by atoms with E-state index < -0.39 is 7.82 Å². The van der Waals surface area contributed by atoms with Gasteiger partial charge in [0.15, 0.2) is 0 Å². The first-order valence-corrected chi connectivity index (χ1v) is 4.29. The summed E-state index contributed by atoms with van der Waals surface area (Å²) in [6.07, 6.45) is 0. The molecule has 7 heteroatoms. The SMILES string of the molecule is CCOCC.O=P([O-])(O)O.[K+]. The quantitative estimate of drug-likeness (QED) is 0.364. The Morgan fingerprint density at radius 3 is 1.55 bits per heavy atom. The third-order valence-electron chi connectivity index (χ3n) is 0.408. The van der Waals surface area contributed by atoms with Crippen molar-refractivity contribution in [2.45, 2.75) is 13.8 Å². The van der Waals surface area contributed by atoms with Crippen LogP contribution in [0.4, 0.5) is 0 Å². The first-order valence-electron chi connectivity index (χ1n) is 2.76. The second-order valence-electron chi connectivity index (χ2n) is 1.27. The zero-order valence-electron chi connectivity index (χ0n) is 6.98. The molecule has 0 aliphatic heterocycles. The maximum Gasteiger partial charge on any atom is 1.00 e. The Balaban J connectivity index is -0.000000107. The van der Waals surface area contributed by atoms with Gasteiger partial charge < -0.3 is 19.4 Å². The Hall–Kier alpha value is 1.71. The summed E-state index contributed by atoms with van der Waals surface area (Å²) in [6, 6.07) is 0. The number of hydrogen-bond acceptors (Lipinski definition) is 3. The van der Waals surface area contributed by atoms with Gasteiger partial charge in [0.2, 0.25) is 0 Å². The smallest absolute Gasteiger partial charge is 0.756 e. The number of hydrogen-bond donors (Lipinski definition) is 2. The van der Waals surface area contributed by atoms with Gasteiger partial charge in [0.05, 0.1) is 0 Å². The number of ether oxygens (including phenoxy) is 1. The molecule has 0 unspecified atom stereocenters. The maximum atomic E-state index is 8.77. The molecule has 0 rings (SSSR count). The van der Waals surface area contributed by atoms with Gasteiger partial charge in [-0.05, 0) is 13.8 Å². The van der Waals surface area contributed by atoms with E-state index in [-0.39, 0.29) is 51.4 Å². The molecule has 0 aromatic carbocycles. The molecule has 0 radical (unpaired) electrons. The van der Waals surface area contributed by atoms with Gasteiger partial charge in [-0.15, -0.1) is 0 Å². The van der Waals surface area contributed by atoms with E-state index in [9.17, 15) is 0 Å². The van der Waals surface area contributed by atoms with Gasteiger partial charge in [-0.25, -0.2) is 0 Å². The van der Waals surface area contributed by atoms with Crippen LogP contribution >= 0.6 is 7.82 Å². The monoisotopic (exact) mass is 210 g/mol. The molecule has 5 nitrogen and oxygen atoms in total. The van der Waals surface area contributed by atoms with Crippen molar-refractivity contribution in [1.82, 2.24) is 0 Å². The van der Waals surface area contributed by atoms with E-state index in [1.807, 2.05) is 13.8 Å². The van der Waals surface area contributed by atoms with Crippen molar-refractivity contribution in [1.29, 1.82) is 0 Å². The molecule has 0 atom stereocenters. The summed E-state index contributed by atoms with van der Waals surface area (Å²) >= 11 is 0. The zero-order chi connectivity index (χ0) is 8.62. The van der Waals surface area contributed by atoms with Crippen LogP contribution in [0.15, 0.2) is 0 Å². The molecule has 0 aromatic rings. The Labute approximate surface area is 109 Å². The average Bonchev–Trinajstić information content (AvgIpc) is 1.63. The summed E-state index contributed by atoms with van der Waals surface area (Å²) in [5, 5.41) is 0. The molecule has 0 bridgehead atoms. The van der Waals surface area contributed by atoms with E-state index in [0.29, 0.717) is 0 Å². The average molecular weight is 210 g/mol. The van der Waals surface area contributed by atoms with Gasteiger partial charge in [0.25, 0.3) is 7.82 Å². The second-order valence-corrected chi connectivity index (χ2v) is 2.25. The first-order chi connectivity index (χ1) is 4.41. The van der Waals surface area contributed by atoms with E-state index in [1.165, 1.54) is 0 Å². The van der Waals surface area contributed by atoms with Crippen LogP contribution < -0.4 is 56.3 Å². The van der Waals surface area contributed by atoms with E-state index in [2.05, 4.69) is 0 Å². The Bertz CT molecular complexity index is 92.4. The van der Waals surface area contributed by atoms with Crippen LogP contribution in [-0.4, -0.2) is 23.0 Å². The minimum absolute atomic E-state index is 0. The normalized spacial score (nSPS) is 9.18. The van der Waals surface area contributed by atoms with Gasteiger partial charge in [0, 0.05) is 13.2 Å². The minimum Gasteiger partial charge on any atom is -0.756 e. The summed E-state index contributed by atoms with van der Waals surface area (Å²) in [6.45, 7) is 5.67. The molecule has 0 spiro atoms. The number of phosphoric acid groups is 1. The molecule has 0 aromatic heterocycles. The van der Waals surface area contributed by atoms with E-state index in [4.69, 9.17) is 24.0 Å². The minimum atomic E-state index is -4.89. The predicted molar refractivity (Wildman–Crippen MR) is 34.2 cm³/mol. The molecule has 0 saturated heterocycles. The largest absolute Gasteiger partial charge is 1.00 e. The van der Waals surface area contributed by atoms with Gasteiger partial charge in [-0.2, -0.15) is 0 Å². The van der Waals surface area contributed by atoms with Crippen molar-refractivity contribution in [3.05, 3.63) is 0 Å². The van der Waals surface area contributed by atoms with Crippen molar-refractivity contribution in [2.75, 3.05) is 13.2 Å². The Morgan fingerprint density at radius 1 is 1.36 bits per heavy atom. The summed E-state index contributed by atoms with van der Waals surface area (Å²) in [5.41, 5.74) is 0. The van der Waals surface area contributed by atoms with Crippen LogP contribution in [0.5, 0.6) is 0 Å². The van der Waals surface area contributed by atoms with Crippen LogP contribution in [0, 0.1) is 0 Å². The van der Waals surface area contributed by atoms with Crippen molar-refractivity contribution < 1.29 is 75.4 Å². The molecule has 0 saturated carbocycles. The summed E-state index contributed by atoms with van der Waals surface area (Å²) in [5.74, 6) is 0. The molecule has 0 heterocycles. The van der Waals surface area contributed by atoms with Crippen molar-refractivity contribution in [3.63, 3.8) is 0 Å². The molecule has 64 valence electrons. The van der Waals surface area contributed by atoms with Crippen LogP contribution in [0.2, 0.25) is 0 Å². The summed E-state index contributed by atoms with van der Waals surface area (Å²) < 4.78 is 13.6. The summed E-state index contributed by atoms with van der Waals surface area (Å²) in [7, 11) is -4.89. The van der Waals surface area contributed by atoms with Gasteiger partial charge in [-0.1, -0.05) is 0 Å². The second kappa shape index (κ2) is 11.7. The molecule has 0 fully saturated rings. The molecular weight excluding hydrogens is 198 g/mol. The predicted octanol–water partition coefficient (Wildman–Crippen LogP) is -3.51. The zero-order valence-corrected chi connectivity index (χ0v) is 11.0. The van der Waals surface area contributed by atoms with E-state index in [1.54, 1.807) is 0 Å². The maximum absolute atomic E-state index is 8.77. The van der Waals surface area contributed by atoms with Crippen LogP contribution in [0.3, 0.4) is 0 Å². The molecule has 11 heavy (non-hydrogen) atoms. The fourth-order valence-electron chi connectivity index (χ4n) is 0.204. The van der Waals surface area contributed by atoms with Crippen molar-refractivity contribution in [2.24, 2.45) is 0 Å². The fraction of sp³-hybridized carbons (Fsp3) is 1.00. The first kappa shape index (κ1) is 18.5. The van der Waals surface area contributed by atoms with Gasteiger partial charge in [-0.3, -0.25) is 4.57 Å². The fourth-order valence-corrected chi connectivity index (χ4v) is 0.204. The molecule has 0 amide bonds. The van der Waals surface area contributed by atoms with E-state index >= 15 is 0 Å². The number of rotatable bonds is 2. The van der Waals surface area contributed by atoms with Gasteiger partial charge >= 0.3 is 51.4 Å². The van der Waals surface area contributed by atoms with Crippen LogP contribution in [-0.2, 0) is 9.30 Å². The van der Waals surface area contributed by atoms with Crippen molar-refractivity contribution in [3.8, 4) is 0 Å². The standard InChI is InChI=1S/C4H10O.K.H3O4P/c1-3-5-4-2;;1-5(2,3)4/h3-4H2,1-2H3;;(H3,1,2,3,4)/q;+1;/p-1. The summed E-state index contributed by atoms with van der Waals surface area (Å²) in [4.78, 5) is 22.9. The topological polar surface area (TPSA) is 89.8 Å². The molecular formula is C4H12KO5P. The van der Waals surface area contributed by atoms with Crippen molar-refractivity contribution >= 4 is 7.82 Å². The molecule has 0 aliphatic rings. The van der Waals surface area contributed by atoms with Gasteiger partial charge in [0.1, 0.15) is 0 Å². The van der Waals surface area contributed by atoms with Crippen LogP contribution in [0.25, 0.3) is 0 Å².